The summed E-state index contributed by atoms with van der Waals surface area (Å²) in [7, 11) is 1.31. The third kappa shape index (κ3) is 4.51. The quantitative estimate of drug-likeness (QED) is 0.236. The lowest BCUT2D eigenvalue weighted by atomic mass is 9.98. The van der Waals surface area contributed by atoms with Gasteiger partial charge in [-0.3, -0.25) is 14.5 Å². The number of carbonyl (C=O) groups excluding carboxylic acids is 2. The molecule has 2 aliphatic rings. The molecule has 2 atom stereocenters. The van der Waals surface area contributed by atoms with E-state index in [4.69, 9.17) is 9.15 Å². The smallest absolute Gasteiger partial charge is 0.352 e. The van der Waals surface area contributed by atoms with Crippen molar-refractivity contribution in [3.8, 4) is 0 Å². The van der Waals surface area contributed by atoms with Crippen LogP contribution in [0, 0.1) is 13.8 Å². The lowest BCUT2D eigenvalue weighted by Gasteiger charge is -2.55. The summed E-state index contributed by atoms with van der Waals surface area (Å²) < 4.78 is 12.3. The minimum atomic E-state index is -1.64. The first kappa shape index (κ1) is 24.5. The number of hydrogen-bond donors (Lipinski definition) is 2. The van der Waals surface area contributed by atoms with Crippen molar-refractivity contribution in [2.24, 2.45) is 0 Å². The summed E-state index contributed by atoms with van der Waals surface area (Å²) in [5, 5.41) is 30.8. The number of aryl methyl sites for hydroxylation is 2. The van der Waals surface area contributed by atoms with Crippen LogP contribution in [0.4, 0.5) is 0 Å². The Labute approximate surface area is 205 Å². The van der Waals surface area contributed by atoms with E-state index in [9.17, 15) is 19.5 Å². The summed E-state index contributed by atoms with van der Waals surface area (Å²) in [6.07, 6.45) is 0. The molecule has 0 bridgehead atoms. The molecule has 0 spiro atoms. The SMILES string of the molecule is CO[C@]1(NC(=O)CSCn2nnnc2C)C(=O)N2C(C(=O)O)=C(CSc3nnc(C)o3)CSC21. The Morgan fingerprint density at radius 3 is 2.76 bits per heavy atom. The molecule has 4 heterocycles. The van der Waals surface area contributed by atoms with E-state index >= 15 is 0 Å². The third-order valence-electron chi connectivity index (χ3n) is 4.99. The summed E-state index contributed by atoms with van der Waals surface area (Å²) >= 11 is 3.76. The van der Waals surface area contributed by atoms with Crippen LogP contribution in [0.25, 0.3) is 0 Å². The fraction of sp³-hybridized carbons (Fsp3) is 0.529. The molecule has 0 saturated carbocycles. The van der Waals surface area contributed by atoms with Gasteiger partial charge in [0.05, 0.1) is 11.6 Å². The number of fused-ring (bicyclic) bond motifs is 1. The van der Waals surface area contributed by atoms with E-state index in [2.05, 4.69) is 31.0 Å². The highest BCUT2D eigenvalue weighted by atomic mass is 32.2. The Bertz CT molecular complexity index is 1150. The highest BCUT2D eigenvalue weighted by molar-refractivity contribution is 8.01. The molecular formula is C17H20N8O6S3. The Morgan fingerprint density at radius 1 is 1.35 bits per heavy atom. The van der Waals surface area contributed by atoms with Crippen molar-refractivity contribution in [3.05, 3.63) is 23.0 Å². The number of ether oxygens (including phenoxy) is 1. The van der Waals surface area contributed by atoms with Gasteiger partial charge in [0.25, 0.3) is 16.9 Å². The summed E-state index contributed by atoms with van der Waals surface area (Å²) in [4.78, 5) is 38.9. The monoisotopic (exact) mass is 528 g/mol. The van der Waals surface area contributed by atoms with Crippen molar-refractivity contribution in [1.82, 2.24) is 40.6 Å². The van der Waals surface area contributed by atoms with Crippen molar-refractivity contribution in [1.29, 1.82) is 0 Å². The molecule has 2 aliphatic heterocycles. The number of amides is 2. The molecular weight excluding hydrogens is 508 g/mol. The Balaban J connectivity index is 1.43. The molecule has 4 rings (SSSR count). The van der Waals surface area contributed by atoms with Crippen LogP contribution in [0.2, 0.25) is 0 Å². The fourth-order valence-corrected chi connectivity index (χ4v) is 6.52. The number of nitrogens with zero attached hydrogens (tertiary/aromatic N) is 7. The fourth-order valence-electron chi connectivity index (χ4n) is 3.38. The van der Waals surface area contributed by atoms with Crippen LogP contribution in [-0.2, 0) is 25.0 Å². The van der Waals surface area contributed by atoms with Crippen LogP contribution in [0.1, 0.15) is 11.7 Å². The molecule has 17 heteroatoms. The number of thioether (sulfide) groups is 3. The Hall–Kier alpha value is -2.63. The number of carboxylic acid groups (broad SMARTS) is 1. The van der Waals surface area contributed by atoms with Gasteiger partial charge in [0.1, 0.15) is 16.9 Å². The van der Waals surface area contributed by atoms with Crippen LogP contribution in [0.15, 0.2) is 20.9 Å². The average molecular weight is 529 g/mol. The topological polar surface area (TPSA) is 178 Å². The molecule has 2 aromatic heterocycles. The van der Waals surface area contributed by atoms with E-state index in [1.54, 1.807) is 13.8 Å². The maximum atomic E-state index is 13.1. The number of aromatic nitrogens is 6. The minimum absolute atomic E-state index is 0.0300. The van der Waals surface area contributed by atoms with E-state index in [1.165, 1.54) is 47.1 Å². The number of methoxy groups -OCH3 is 1. The predicted molar refractivity (Wildman–Crippen MR) is 120 cm³/mol. The molecule has 2 aromatic rings. The molecule has 34 heavy (non-hydrogen) atoms. The van der Waals surface area contributed by atoms with Crippen molar-refractivity contribution in [2.45, 2.75) is 36.0 Å². The average Bonchev–Trinajstić information content (AvgIpc) is 3.42. The van der Waals surface area contributed by atoms with E-state index in [0.29, 0.717) is 34.1 Å². The van der Waals surface area contributed by atoms with Crippen molar-refractivity contribution in [3.63, 3.8) is 0 Å². The molecule has 1 unspecified atom stereocenters. The molecule has 2 N–H and O–H groups in total. The van der Waals surface area contributed by atoms with Gasteiger partial charge < -0.3 is 19.6 Å². The third-order valence-corrected chi connectivity index (χ3v) is 8.17. The number of aliphatic carboxylic acids is 1. The molecule has 1 saturated heterocycles. The molecule has 2 amide bonds. The van der Waals surface area contributed by atoms with Gasteiger partial charge in [-0.2, -0.15) is 0 Å². The maximum Gasteiger partial charge on any atom is 0.352 e. The van der Waals surface area contributed by atoms with Crippen LogP contribution < -0.4 is 5.32 Å². The first-order valence-electron chi connectivity index (χ1n) is 9.77. The second kappa shape index (κ2) is 9.93. The zero-order chi connectivity index (χ0) is 24.5. The number of rotatable bonds is 10. The number of hydrogen-bond acceptors (Lipinski definition) is 13. The van der Waals surface area contributed by atoms with Gasteiger partial charge in [-0.25, -0.2) is 9.48 Å². The van der Waals surface area contributed by atoms with Crippen LogP contribution in [-0.4, -0.2) is 93.7 Å². The van der Waals surface area contributed by atoms with Crippen molar-refractivity contribution >= 4 is 53.1 Å². The molecule has 0 aromatic carbocycles. The molecule has 14 nitrogen and oxygen atoms in total. The normalized spacial score (nSPS) is 21.9. The van der Waals surface area contributed by atoms with E-state index in [1.807, 2.05) is 0 Å². The van der Waals surface area contributed by atoms with Crippen LogP contribution in [0.5, 0.6) is 0 Å². The van der Waals surface area contributed by atoms with Crippen LogP contribution in [0.3, 0.4) is 0 Å². The van der Waals surface area contributed by atoms with Gasteiger partial charge in [0.2, 0.25) is 11.8 Å². The predicted octanol–water partition coefficient (Wildman–Crippen LogP) is -0.131. The van der Waals surface area contributed by atoms with Crippen molar-refractivity contribution in [2.75, 3.05) is 24.4 Å². The van der Waals surface area contributed by atoms with E-state index in [0.717, 1.165) is 4.90 Å². The second-order valence-electron chi connectivity index (χ2n) is 7.16. The number of carboxylic acids is 1. The van der Waals surface area contributed by atoms with Gasteiger partial charge in [0.15, 0.2) is 0 Å². The van der Waals surface area contributed by atoms with Gasteiger partial charge in [0, 0.05) is 25.5 Å². The standard InChI is InChI=1S/C17H20N8O6S3/c1-8-19-22-23-24(8)7-32-6-11(26)18-17(30-3)14(29)25-12(13(27)28)10(4-33-15(17)25)5-34-16-21-20-9(2)31-16/h15H,4-7H2,1-3H3,(H,18,26)(H,27,28)/t15?,17-/m1/s1. The lowest BCUT2D eigenvalue weighted by Crippen LogP contribution is -2.80. The molecule has 1 fully saturated rings. The summed E-state index contributed by atoms with van der Waals surface area (Å²) in [5.74, 6) is -0.329. The van der Waals surface area contributed by atoms with Crippen molar-refractivity contribution < 1.29 is 28.6 Å². The Morgan fingerprint density at radius 2 is 2.15 bits per heavy atom. The molecule has 182 valence electrons. The zero-order valence-corrected chi connectivity index (χ0v) is 20.7. The minimum Gasteiger partial charge on any atom is -0.477 e. The number of nitrogens with one attached hydrogen (secondary N) is 1. The lowest BCUT2D eigenvalue weighted by molar-refractivity contribution is -0.192. The van der Waals surface area contributed by atoms with Gasteiger partial charge in [-0.05, 0) is 22.9 Å². The second-order valence-corrected chi connectivity index (χ2v) is 10.1. The highest BCUT2D eigenvalue weighted by Gasteiger charge is 2.66. The van der Waals surface area contributed by atoms with Gasteiger partial charge in [-0.15, -0.1) is 38.8 Å². The Kier molecular flexibility index (Phi) is 7.15. The number of carbonyl (C=O) groups is 3. The first-order valence-corrected chi connectivity index (χ1v) is 13.0. The largest absolute Gasteiger partial charge is 0.477 e. The maximum absolute atomic E-state index is 13.1. The van der Waals surface area contributed by atoms with Gasteiger partial charge >= 0.3 is 5.97 Å². The van der Waals surface area contributed by atoms with E-state index < -0.39 is 28.9 Å². The van der Waals surface area contributed by atoms with Crippen LogP contribution >= 0.6 is 35.3 Å². The van der Waals surface area contributed by atoms with Gasteiger partial charge in [-0.1, -0.05) is 11.8 Å². The zero-order valence-electron chi connectivity index (χ0n) is 18.2. The molecule has 0 aliphatic carbocycles. The highest BCUT2D eigenvalue weighted by Crippen LogP contribution is 2.47. The molecule has 0 radical (unpaired) electrons. The summed E-state index contributed by atoms with van der Waals surface area (Å²) in [6.45, 7) is 3.40. The number of β-lactam (4-membered cyclic amide) rings is 1. The first-order chi connectivity index (χ1) is 16.3. The van der Waals surface area contributed by atoms with E-state index in [-0.39, 0.29) is 17.2 Å². The summed E-state index contributed by atoms with van der Waals surface area (Å²) in [6, 6.07) is 0. The summed E-state index contributed by atoms with van der Waals surface area (Å²) in [5.41, 5.74) is -1.23. The number of tetrazole rings is 1.